The quantitative estimate of drug-likeness (QED) is 0.182. The van der Waals surface area contributed by atoms with Crippen molar-refractivity contribution in [1.82, 2.24) is 9.88 Å². The zero-order chi connectivity index (χ0) is 42.1. The molecule has 0 radical (unpaired) electrons. The minimum Gasteiger partial charge on any atom is -0.456 e. The van der Waals surface area contributed by atoms with Gasteiger partial charge in [-0.15, -0.1) is 0 Å². The van der Waals surface area contributed by atoms with Gasteiger partial charge >= 0.3 is 0 Å². The summed E-state index contributed by atoms with van der Waals surface area (Å²) in [5.41, 5.74) is 12.4. The fraction of sp³-hybridized carbons (Fsp3) is 0.0169. The molecule has 12 aromatic rings. The Morgan fingerprint density at radius 1 is 0.422 bits per heavy atom. The minimum atomic E-state index is -0.368. The Kier molecular flexibility index (Phi) is 8.21. The first kappa shape index (κ1) is 36.1. The van der Waals surface area contributed by atoms with E-state index in [4.69, 9.17) is 14.4 Å². The van der Waals surface area contributed by atoms with Crippen LogP contribution in [0.15, 0.2) is 233 Å². The van der Waals surface area contributed by atoms with Gasteiger partial charge in [0.2, 0.25) is 0 Å². The van der Waals surface area contributed by atoms with E-state index >= 15 is 0 Å². The zero-order valence-electron chi connectivity index (χ0n) is 34.6. The number of hydrogen-bond acceptors (Lipinski definition) is 4. The molecule has 64 heavy (non-hydrogen) atoms. The summed E-state index contributed by atoms with van der Waals surface area (Å²) in [6, 6.07) is 77.6. The number of nitrogens with one attached hydrogen (secondary N) is 1. The van der Waals surface area contributed by atoms with E-state index in [1.807, 2.05) is 12.1 Å². The second kappa shape index (κ2) is 14.5. The molecule has 0 fully saturated rings. The second-order valence-corrected chi connectivity index (χ2v) is 16.6. The van der Waals surface area contributed by atoms with Crippen molar-refractivity contribution in [2.24, 2.45) is 9.98 Å². The van der Waals surface area contributed by atoms with Crippen molar-refractivity contribution in [2.45, 2.75) is 6.17 Å². The van der Waals surface area contributed by atoms with E-state index < -0.39 is 0 Å². The van der Waals surface area contributed by atoms with E-state index in [1.165, 1.54) is 32.5 Å². The van der Waals surface area contributed by atoms with Gasteiger partial charge < -0.3 is 14.3 Å². The van der Waals surface area contributed by atoms with Gasteiger partial charge in [0.05, 0.1) is 11.0 Å². The number of aliphatic imine (C=N–C) groups is 2. The molecule has 0 saturated carbocycles. The summed E-state index contributed by atoms with van der Waals surface area (Å²) in [4.78, 5) is 10.8. The fourth-order valence-corrected chi connectivity index (χ4v) is 9.73. The molecule has 0 bridgehead atoms. The summed E-state index contributed by atoms with van der Waals surface area (Å²) in [5, 5.41) is 13.0. The number of hydrogen-bond donors (Lipinski definition) is 1. The maximum Gasteiger partial charge on any atom is 0.160 e. The van der Waals surface area contributed by atoms with Crippen LogP contribution in [0, 0.1) is 0 Å². The monoisotopic (exact) mass is 818 g/mol. The molecule has 3 heterocycles. The molecule has 0 saturated heterocycles. The molecule has 13 rings (SSSR count). The lowest BCUT2D eigenvalue weighted by molar-refractivity contribution is 0.669. The van der Waals surface area contributed by atoms with E-state index in [0.717, 1.165) is 83.3 Å². The first-order chi connectivity index (χ1) is 31.7. The molecule has 1 aliphatic rings. The van der Waals surface area contributed by atoms with Crippen LogP contribution in [0.4, 0.5) is 0 Å². The molecule has 5 heteroatoms. The van der Waals surface area contributed by atoms with Gasteiger partial charge in [0, 0.05) is 38.4 Å². The van der Waals surface area contributed by atoms with Gasteiger partial charge in [-0.25, -0.2) is 9.98 Å². The molecule has 1 aliphatic heterocycles. The lowest BCUT2D eigenvalue weighted by Gasteiger charge is -2.25. The van der Waals surface area contributed by atoms with E-state index in [1.54, 1.807) is 0 Å². The average molecular weight is 819 g/mol. The Morgan fingerprint density at radius 3 is 1.84 bits per heavy atom. The maximum absolute atomic E-state index is 6.69. The van der Waals surface area contributed by atoms with Gasteiger partial charge in [0.15, 0.2) is 5.84 Å². The third-order valence-electron chi connectivity index (χ3n) is 12.8. The smallest absolute Gasteiger partial charge is 0.160 e. The Balaban J connectivity index is 1.07. The molecule has 10 aromatic carbocycles. The summed E-state index contributed by atoms with van der Waals surface area (Å²) in [7, 11) is 0. The number of benzene rings is 10. The molecular weight excluding hydrogens is 781 g/mol. The van der Waals surface area contributed by atoms with Crippen LogP contribution < -0.4 is 5.32 Å². The van der Waals surface area contributed by atoms with Gasteiger partial charge in [-0.3, -0.25) is 0 Å². The fourth-order valence-electron chi connectivity index (χ4n) is 9.73. The number of para-hydroxylation sites is 1. The van der Waals surface area contributed by atoms with Crippen molar-refractivity contribution < 1.29 is 4.42 Å². The molecule has 0 amide bonds. The van der Waals surface area contributed by atoms with Crippen molar-refractivity contribution in [3.63, 3.8) is 0 Å². The average Bonchev–Trinajstić information content (AvgIpc) is 3.89. The molecular formula is C59H38N4O. The lowest BCUT2D eigenvalue weighted by Crippen LogP contribution is -2.33. The summed E-state index contributed by atoms with van der Waals surface area (Å²) in [6.45, 7) is 0. The topological polar surface area (TPSA) is 54.8 Å². The van der Waals surface area contributed by atoms with E-state index in [-0.39, 0.29) is 6.17 Å². The van der Waals surface area contributed by atoms with Crippen molar-refractivity contribution >= 4 is 77.0 Å². The Bertz CT molecular complexity index is 3860. The number of aromatic nitrogens is 1. The number of fused-ring (bicyclic) bond motifs is 8. The Morgan fingerprint density at radius 2 is 1.06 bits per heavy atom. The largest absolute Gasteiger partial charge is 0.456 e. The normalized spacial score (nSPS) is 14.1. The molecule has 1 atom stereocenters. The number of furan rings is 1. The van der Waals surface area contributed by atoms with Crippen molar-refractivity contribution in [3.05, 3.63) is 235 Å². The van der Waals surface area contributed by atoms with Crippen LogP contribution in [0.2, 0.25) is 0 Å². The summed E-state index contributed by atoms with van der Waals surface area (Å²) < 4.78 is 9.09. The van der Waals surface area contributed by atoms with Crippen LogP contribution in [-0.2, 0) is 0 Å². The first-order valence-corrected chi connectivity index (χ1v) is 21.8. The predicted octanol–water partition coefficient (Wildman–Crippen LogP) is 14.8. The van der Waals surface area contributed by atoms with Crippen LogP contribution in [0.25, 0.3) is 93.2 Å². The van der Waals surface area contributed by atoms with E-state index in [2.05, 4.69) is 216 Å². The molecule has 0 spiro atoms. The van der Waals surface area contributed by atoms with Gasteiger partial charge in [0.1, 0.15) is 23.2 Å². The van der Waals surface area contributed by atoms with Crippen molar-refractivity contribution in [3.8, 4) is 27.9 Å². The molecule has 1 unspecified atom stereocenters. The third-order valence-corrected chi connectivity index (χ3v) is 12.8. The van der Waals surface area contributed by atoms with Crippen LogP contribution in [0.3, 0.4) is 0 Å². The van der Waals surface area contributed by atoms with Crippen molar-refractivity contribution in [2.75, 3.05) is 0 Å². The third kappa shape index (κ3) is 5.93. The Labute approximate surface area is 368 Å². The molecule has 0 aliphatic carbocycles. The zero-order valence-corrected chi connectivity index (χ0v) is 34.6. The van der Waals surface area contributed by atoms with Gasteiger partial charge in [-0.2, -0.15) is 0 Å². The first-order valence-electron chi connectivity index (χ1n) is 21.8. The molecule has 2 aromatic heterocycles. The van der Waals surface area contributed by atoms with Crippen LogP contribution in [0.5, 0.6) is 0 Å². The van der Waals surface area contributed by atoms with Gasteiger partial charge in [-0.1, -0.05) is 164 Å². The standard InChI is InChI=1S/C59H38N4O/c1-3-14-37(15-4-1)38-26-28-40(29-27-38)58-60-57(39-16-5-2-6-17-39)61-59(62-58)48-31-30-45(63-52-24-12-11-22-46(52)50-32-41-18-7-9-20-43(41)34-53(50)63)36-49(48)47-23-13-25-54-56(47)51-33-42-19-8-10-21-44(42)35-55(51)64-54/h1-36,57H,(H,60,61,62). The summed E-state index contributed by atoms with van der Waals surface area (Å²) in [5.74, 6) is 1.42. The SMILES string of the molecule is c1ccc(-c2ccc(C3=NC(c4ccc(-n5c6ccccc6c6cc7ccccc7cc65)cc4-c4cccc5oc6cc7ccccc7cc6c45)=NC(c4ccccc4)N3)cc2)cc1. The summed E-state index contributed by atoms with van der Waals surface area (Å²) in [6.07, 6.45) is -0.368. The van der Waals surface area contributed by atoms with Crippen LogP contribution >= 0.6 is 0 Å². The number of nitrogens with zero attached hydrogens (tertiary/aromatic N) is 3. The van der Waals surface area contributed by atoms with Gasteiger partial charge in [0.25, 0.3) is 0 Å². The molecule has 300 valence electrons. The van der Waals surface area contributed by atoms with Crippen LogP contribution in [0.1, 0.15) is 22.9 Å². The number of amidine groups is 2. The highest BCUT2D eigenvalue weighted by molar-refractivity contribution is 6.20. The van der Waals surface area contributed by atoms with Crippen LogP contribution in [-0.4, -0.2) is 16.2 Å². The Hall–Kier alpha value is -8.54. The molecule has 5 nitrogen and oxygen atoms in total. The lowest BCUT2D eigenvalue weighted by atomic mass is 9.93. The van der Waals surface area contributed by atoms with E-state index in [9.17, 15) is 0 Å². The maximum atomic E-state index is 6.69. The molecule has 1 N–H and O–H groups in total. The predicted molar refractivity (Wildman–Crippen MR) is 266 cm³/mol. The highest BCUT2D eigenvalue weighted by atomic mass is 16.3. The minimum absolute atomic E-state index is 0.368. The summed E-state index contributed by atoms with van der Waals surface area (Å²) >= 11 is 0. The van der Waals surface area contributed by atoms with Crippen molar-refractivity contribution in [1.29, 1.82) is 0 Å². The highest BCUT2D eigenvalue weighted by Crippen LogP contribution is 2.42. The second-order valence-electron chi connectivity index (χ2n) is 16.6. The van der Waals surface area contributed by atoms with Gasteiger partial charge in [-0.05, 0) is 104 Å². The highest BCUT2D eigenvalue weighted by Gasteiger charge is 2.25. The number of rotatable bonds is 6. The van der Waals surface area contributed by atoms with E-state index in [0.29, 0.717) is 5.84 Å².